The van der Waals surface area contributed by atoms with Crippen molar-refractivity contribution in [3.05, 3.63) is 35.7 Å². The zero-order chi connectivity index (χ0) is 11.5. The molecule has 0 saturated heterocycles. The van der Waals surface area contributed by atoms with Gasteiger partial charge in [0.25, 0.3) is 0 Å². The third kappa shape index (κ3) is 2.23. The van der Waals surface area contributed by atoms with Crippen LogP contribution in [0.5, 0.6) is 0 Å². The minimum atomic E-state index is -0.921. The van der Waals surface area contributed by atoms with Crippen LogP contribution in [0.1, 0.15) is 15.9 Å². The van der Waals surface area contributed by atoms with Gasteiger partial charge >= 0.3 is 5.97 Å². The molecule has 0 unspecified atom stereocenters. The Labute approximate surface area is 101 Å². The Morgan fingerprint density at radius 1 is 1.50 bits per heavy atom. The quantitative estimate of drug-likeness (QED) is 0.910. The van der Waals surface area contributed by atoms with E-state index in [2.05, 4.69) is 9.36 Å². The smallest absolute Gasteiger partial charge is 0.336 e. The summed E-state index contributed by atoms with van der Waals surface area (Å²) in [5, 5.41) is 9.07. The molecule has 2 aromatic rings. The molecule has 1 aromatic heterocycles. The van der Waals surface area contributed by atoms with Crippen LogP contribution in [0, 0.1) is 6.92 Å². The highest BCUT2D eigenvalue weighted by molar-refractivity contribution is 8.01. The van der Waals surface area contributed by atoms with Gasteiger partial charge in [-0.1, -0.05) is 23.9 Å². The average Bonchev–Trinajstić information content (AvgIpc) is 2.73. The van der Waals surface area contributed by atoms with Gasteiger partial charge in [-0.05, 0) is 30.1 Å². The van der Waals surface area contributed by atoms with Gasteiger partial charge in [-0.25, -0.2) is 9.78 Å². The predicted octanol–water partition coefficient (Wildman–Crippen LogP) is 2.70. The normalized spacial score (nSPS) is 10.3. The number of nitrogens with zero attached hydrogens (tertiary/aromatic N) is 2. The molecular weight excluding hydrogens is 244 g/mol. The van der Waals surface area contributed by atoms with E-state index < -0.39 is 5.97 Å². The van der Waals surface area contributed by atoms with Gasteiger partial charge in [0.2, 0.25) is 0 Å². The molecule has 0 saturated carbocycles. The highest BCUT2D eigenvalue weighted by Crippen LogP contribution is 2.33. The maximum Gasteiger partial charge on any atom is 0.336 e. The Morgan fingerprint density at radius 3 is 2.94 bits per heavy atom. The molecule has 16 heavy (non-hydrogen) atoms. The van der Waals surface area contributed by atoms with E-state index in [1.165, 1.54) is 29.6 Å². The van der Waals surface area contributed by atoms with E-state index >= 15 is 0 Å². The number of carbonyl (C=O) groups is 1. The zero-order valence-electron chi connectivity index (χ0n) is 8.38. The Hall–Kier alpha value is -1.40. The Morgan fingerprint density at radius 2 is 2.31 bits per heavy atom. The minimum Gasteiger partial charge on any atom is -0.478 e. The largest absolute Gasteiger partial charge is 0.478 e. The Balaban J connectivity index is 2.42. The lowest BCUT2D eigenvalue weighted by Gasteiger charge is -2.06. The van der Waals surface area contributed by atoms with Crippen LogP contribution in [0.3, 0.4) is 0 Å². The number of aromatic carboxylic acids is 1. The number of aromatic nitrogens is 2. The van der Waals surface area contributed by atoms with Crippen molar-refractivity contribution in [1.82, 2.24) is 9.36 Å². The number of benzene rings is 1. The van der Waals surface area contributed by atoms with Crippen molar-refractivity contribution in [3.63, 3.8) is 0 Å². The summed E-state index contributed by atoms with van der Waals surface area (Å²) in [6.07, 6.45) is 1.46. The molecule has 1 heterocycles. The van der Waals surface area contributed by atoms with Crippen LogP contribution in [-0.4, -0.2) is 20.4 Å². The molecule has 0 spiro atoms. The fraction of sp³-hybridized carbons (Fsp3) is 0.100. The highest BCUT2D eigenvalue weighted by Gasteiger charge is 2.14. The zero-order valence-corrected chi connectivity index (χ0v) is 10.0. The van der Waals surface area contributed by atoms with E-state index in [9.17, 15) is 4.79 Å². The molecule has 0 bridgehead atoms. The lowest BCUT2D eigenvalue weighted by molar-refractivity contribution is 0.0693. The monoisotopic (exact) mass is 252 g/mol. The van der Waals surface area contributed by atoms with Crippen molar-refractivity contribution in [2.45, 2.75) is 16.2 Å². The summed E-state index contributed by atoms with van der Waals surface area (Å²) in [7, 11) is 0. The van der Waals surface area contributed by atoms with E-state index in [0.29, 0.717) is 5.56 Å². The van der Waals surface area contributed by atoms with Crippen molar-refractivity contribution in [2.75, 3.05) is 0 Å². The summed E-state index contributed by atoms with van der Waals surface area (Å²) in [5.41, 5.74) is 1.24. The van der Waals surface area contributed by atoms with Gasteiger partial charge in [0.1, 0.15) is 6.33 Å². The van der Waals surface area contributed by atoms with Crippen LogP contribution in [0.25, 0.3) is 0 Å². The second-order valence-corrected chi connectivity index (χ2v) is 5.10. The summed E-state index contributed by atoms with van der Waals surface area (Å²) in [4.78, 5) is 15.8. The number of hydrogen-bond donors (Lipinski definition) is 1. The number of aryl methyl sites for hydroxylation is 1. The fourth-order valence-corrected chi connectivity index (χ4v) is 2.83. The molecule has 0 atom stereocenters. The van der Waals surface area contributed by atoms with E-state index in [4.69, 9.17) is 5.11 Å². The van der Waals surface area contributed by atoms with Crippen LogP contribution in [0.2, 0.25) is 0 Å². The minimum absolute atomic E-state index is 0.306. The van der Waals surface area contributed by atoms with E-state index in [1.807, 2.05) is 13.0 Å². The molecular formula is C10H8N2O2S2. The van der Waals surface area contributed by atoms with Crippen LogP contribution in [0.4, 0.5) is 0 Å². The van der Waals surface area contributed by atoms with E-state index in [-0.39, 0.29) is 0 Å². The van der Waals surface area contributed by atoms with Crippen LogP contribution in [0.15, 0.2) is 33.8 Å². The summed E-state index contributed by atoms with van der Waals surface area (Å²) < 4.78 is 4.63. The van der Waals surface area contributed by atoms with Crippen molar-refractivity contribution >= 4 is 29.3 Å². The number of rotatable bonds is 3. The summed E-state index contributed by atoms with van der Waals surface area (Å²) >= 11 is 2.60. The van der Waals surface area contributed by atoms with E-state index in [0.717, 1.165) is 14.8 Å². The van der Waals surface area contributed by atoms with Crippen molar-refractivity contribution in [2.24, 2.45) is 0 Å². The van der Waals surface area contributed by atoms with Crippen molar-refractivity contribution in [1.29, 1.82) is 0 Å². The highest BCUT2D eigenvalue weighted by atomic mass is 32.2. The topological polar surface area (TPSA) is 63.1 Å². The van der Waals surface area contributed by atoms with E-state index in [1.54, 1.807) is 12.1 Å². The van der Waals surface area contributed by atoms with Crippen LogP contribution in [-0.2, 0) is 0 Å². The first kappa shape index (κ1) is 11.1. The van der Waals surface area contributed by atoms with Gasteiger partial charge in [0.15, 0.2) is 4.34 Å². The van der Waals surface area contributed by atoms with Gasteiger partial charge in [0.05, 0.1) is 5.56 Å². The number of hydrogen-bond acceptors (Lipinski definition) is 5. The summed E-state index contributed by atoms with van der Waals surface area (Å²) in [6, 6.07) is 5.22. The molecule has 1 aromatic carbocycles. The molecule has 0 aliphatic heterocycles. The van der Waals surface area contributed by atoms with Gasteiger partial charge in [0, 0.05) is 4.90 Å². The molecule has 0 aliphatic rings. The first-order valence-electron chi connectivity index (χ1n) is 4.46. The molecule has 2 rings (SSSR count). The molecule has 0 aliphatic carbocycles. The lowest BCUT2D eigenvalue weighted by atomic mass is 10.1. The van der Waals surface area contributed by atoms with Crippen molar-refractivity contribution < 1.29 is 9.90 Å². The SMILES string of the molecule is Cc1cccc(C(=O)O)c1Sc1ncns1. The lowest BCUT2D eigenvalue weighted by Crippen LogP contribution is -1.99. The maximum atomic E-state index is 11.1. The molecule has 0 amide bonds. The third-order valence-corrected chi connectivity index (χ3v) is 3.93. The summed E-state index contributed by atoms with van der Waals surface area (Å²) in [5.74, 6) is -0.921. The molecule has 1 N–H and O–H groups in total. The van der Waals surface area contributed by atoms with Crippen LogP contribution >= 0.6 is 23.3 Å². The average molecular weight is 252 g/mol. The third-order valence-electron chi connectivity index (χ3n) is 1.97. The second-order valence-electron chi connectivity index (χ2n) is 3.07. The number of carboxylic acid groups (broad SMARTS) is 1. The van der Waals surface area contributed by atoms with Gasteiger partial charge in [-0.3, -0.25) is 0 Å². The first-order chi connectivity index (χ1) is 7.68. The van der Waals surface area contributed by atoms with Gasteiger partial charge in [-0.2, -0.15) is 4.37 Å². The Bertz CT molecular complexity index is 512. The molecule has 82 valence electrons. The second kappa shape index (κ2) is 4.63. The van der Waals surface area contributed by atoms with Gasteiger partial charge in [-0.15, -0.1) is 0 Å². The number of carboxylic acids is 1. The first-order valence-corrected chi connectivity index (χ1v) is 6.05. The molecule has 0 fully saturated rings. The molecule has 6 heteroatoms. The summed E-state index contributed by atoms with van der Waals surface area (Å²) in [6.45, 7) is 1.88. The van der Waals surface area contributed by atoms with Gasteiger partial charge < -0.3 is 5.11 Å². The standard InChI is InChI=1S/C10H8N2O2S2/c1-6-3-2-4-7(9(13)14)8(6)15-10-11-5-12-16-10/h2-5H,1H3,(H,13,14). The Kier molecular flexibility index (Phi) is 3.21. The fourth-order valence-electron chi connectivity index (χ4n) is 1.25. The van der Waals surface area contributed by atoms with Crippen molar-refractivity contribution in [3.8, 4) is 0 Å². The molecule has 0 radical (unpaired) electrons. The van der Waals surface area contributed by atoms with Crippen LogP contribution < -0.4 is 0 Å². The maximum absolute atomic E-state index is 11.1. The predicted molar refractivity (Wildman–Crippen MR) is 62.2 cm³/mol. The molecule has 4 nitrogen and oxygen atoms in total.